The molecule has 3 N–H and O–H groups in total. The molecule has 2 aromatic carbocycles. The average molecular weight is 738 g/mol. The number of carbonyl (C=O) groups excluding carboxylic acids is 1. The molecule has 0 amide bonds. The monoisotopic (exact) mass is 737 g/mol. The molecule has 6 aliphatic carbocycles. The topological polar surface area (TPSA) is 103 Å². The Hall–Kier alpha value is -3.07. The van der Waals surface area contributed by atoms with Crippen LogP contribution in [0.1, 0.15) is 124 Å². The lowest BCUT2D eigenvalue weighted by Gasteiger charge is -2.61. The first kappa shape index (κ1) is 39.2. The molecule has 7 nitrogen and oxygen atoms in total. The van der Waals surface area contributed by atoms with Crippen LogP contribution in [-0.4, -0.2) is 70.1 Å². The van der Waals surface area contributed by atoms with Crippen LogP contribution >= 0.6 is 0 Å². The highest BCUT2D eigenvalue weighted by molar-refractivity contribution is 6.08. The number of benzene rings is 2. The van der Waals surface area contributed by atoms with E-state index in [0.717, 1.165) is 54.8 Å². The summed E-state index contributed by atoms with van der Waals surface area (Å²) < 4.78 is 11.7. The van der Waals surface area contributed by atoms with Crippen LogP contribution in [0.3, 0.4) is 0 Å². The molecule has 8 atom stereocenters. The number of fused-ring (bicyclic) bond motifs is 10. The smallest absolute Gasteiger partial charge is 0.228 e. The Kier molecular flexibility index (Phi) is 11.7. The van der Waals surface area contributed by atoms with Gasteiger partial charge in [-0.15, -0.1) is 0 Å². The molecule has 7 heteroatoms. The van der Waals surface area contributed by atoms with Gasteiger partial charge >= 0.3 is 0 Å². The summed E-state index contributed by atoms with van der Waals surface area (Å²) in [5.74, 6) is 2.04. The van der Waals surface area contributed by atoms with Crippen molar-refractivity contribution in [3.8, 4) is 0 Å². The third-order valence-corrected chi connectivity index (χ3v) is 14.5. The van der Waals surface area contributed by atoms with Crippen LogP contribution < -0.4 is 0 Å². The largest absolute Gasteiger partial charge is 0.461 e. The van der Waals surface area contributed by atoms with Crippen molar-refractivity contribution in [2.45, 2.75) is 122 Å². The summed E-state index contributed by atoms with van der Waals surface area (Å²) in [6.07, 6.45) is 11.2. The summed E-state index contributed by atoms with van der Waals surface area (Å²) in [6, 6.07) is 19.6. The summed E-state index contributed by atoms with van der Waals surface area (Å²) in [6.45, 7) is 11.7. The Morgan fingerprint density at radius 1 is 1.02 bits per heavy atom. The van der Waals surface area contributed by atoms with Gasteiger partial charge in [0, 0.05) is 30.6 Å². The van der Waals surface area contributed by atoms with Crippen molar-refractivity contribution in [1.82, 2.24) is 4.90 Å². The fourth-order valence-electron chi connectivity index (χ4n) is 11.1. The van der Waals surface area contributed by atoms with Gasteiger partial charge in [0.1, 0.15) is 0 Å². The Bertz CT molecular complexity index is 1750. The molecule has 4 bridgehead atoms. The molecule has 0 saturated heterocycles. The predicted octanol–water partition coefficient (Wildman–Crippen LogP) is 8.50. The second-order valence-corrected chi connectivity index (χ2v) is 18.3. The zero-order valence-electron chi connectivity index (χ0n) is 33.0. The van der Waals surface area contributed by atoms with E-state index in [-0.39, 0.29) is 18.3 Å². The molecular weight excluding hydrogens is 675 g/mol. The average Bonchev–Trinajstić information content (AvgIpc) is 3.77. The van der Waals surface area contributed by atoms with Crippen LogP contribution in [0.25, 0.3) is 0 Å². The van der Waals surface area contributed by atoms with Gasteiger partial charge in [0.25, 0.3) is 0 Å². The number of ether oxygens (including phenoxy) is 1. The van der Waals surface area contributed by atoms with E-state index in [9.17, 15) is 20.1 Å². The number of furan rings is 1. The molecule has 1 aromatic heterocycles. The van der Waals surface area contributed by atoms with Crippen molar-refractivity contribution in [1.29, 1.82) is 0 Å². The van der Waals surface area contributed by atoms with Gasteiger partial charge in [0.15, 0.2) is 5.76 Å². The van der Waals surface area contributed by atoms with Gasteiger partial charge in [0.2, 0.25) is 5.78 Å². The molecular formula is C47H63NO6. The maximum atomic E-state index is 14.1. The number of carbonyl (C=O) groups is 1. The lowest BCUT2D eigenvalue weighted by Crippen LogP contribution is -2.58. The highest BCUT2D eigenvalue weighted by Crippen LogP contribution is 2.62. The van der Waals surface area contributed by atoms with E-state index in [1.807, 2.05) is 36.4 Å². The van der Waals surface area contributed by atoms with Gasteiger partial charge in [-0.1, -0.05) is 74.9 Å². The molecule has 3 aromatic rings. The fraction of sp³-hybridized carbons (Fsp3) is 0.596. The number of nitrogens with zero attached hydrogens (tertiary/aromatic N) is 1. The van der Waals surface area contributed by atoms with Gasteiger partial charge in [-0.05, 0) is 135 Å². The number of ketones is 1. The van der Waals surface area contributed by atoms with E-state index in [0.29, 0.717) is 67.5 Å². The van der Waals surface area contributed by atoms with Crippen molar-refractivity contribution in [2.24, 2.45) is 28.6 Å². The molecule has 0 aliphatic heterocycles. The maximum absolute atomic E-state index is 14.1. The molecule has 0 spiro atoms. The van der Waals surface area contributed by atoms with E-state index in [1.165, 1.54) is 31.1 Å². The highest BCUT2D eigenvalue weighted by atomic mass is 16.5. The quantitative estimate of drug-likeness (QED) is 0.127. The summed E-state index contributed by atoms with van der Waals surface area (Å²) in [4.78, 5) is 16.5. The SMILES string of the molecule is CC1=CCCC2(C)C(CCC2(O)CN(CC(O)COCc2ccccc2)CC2CCC3CC2C3(C)C)c2ccc(cc2C(=O)c2ccco2)CC(O)CC1. The number of allylic oxidation sites excluding steroid dienone is 2. The second kappa shape index (κ2) is 16.2. The Balaban J connectivity index is 1.20. The minimum absolute atomic E-state index is 0.0750. The van der Waals surface area contributed by atoms with E-state index >= 15 is 0 Å². The zero-order valence-corrected chi connectivity index (χ0v) is 33.0. The Labute approximate surface area is 322 Å². The maximum Gasteiger partial charge on any atom is 0.228 e. The van der Waals surface area contributed by atoms with Crippen molar-refractivity contribution in [2.75, 3.05) is 26.2 Å². The van der Waals surface area contributed by atoms with Crippen LogP contribution in [0.2, 0.25) is 0 Å². The first-order valence-electron chi connectivity index (χ1n) is 20.7. The number of aliphatic hydroxyl groups excluding tert-OH is 2. The number of hydrogen-bond acceptors (Lipinski definition) is 7. The van der Waals surface area contributed by atoms with Crippen molar-refractivity contribution in [3.05, 3.63) is 107 Å². The number of rotatable bonds is 12. The van der Waals surface area contributed by atoms with Crippen LogP contribution in [0.4, 0.5) is 0 Å². The van der Waals surface area contributed by atoms with E-state index in [4.69, 9.17) is 9.15 Å². The third kappa shape index (κ3) is 8.08. The van der Waals surface area contributed by atoms with Crippen molar-refractivity contribution < 1.29 is 29.3 Å². The highest BCUT2D eigenvalue weighted by Gasteiger charge is 2.58. The lowest BCUT2D eigenvalue weighted by molar-refractivity contribution is -0.127. The molecule has 4 saturated carbocycles. The Morgan fingerprint density at radius 2 is 1.83 bits per heavy atom. The van der Waals surface area contributed by atoms with Crippen LogP contribution in [0.15, 0.2) is 83.0 Å². The summed E-state index contributed by atoms with van der Waals surface area (Å²) in [7, 11) is 0. The van der Waals surface area contributed by atoms with Gasteiger partial charge in [-0.3, -0.25) is 9.69 Å². The third-order valence-electron chi connectivity index (χ3n) is 14.5. The molecule has 4 fully saturated rings. The molecule has 9 rings (SSSR count). The van der Waals surface area contributed by atoms with Crippen molar-refractivity contribution >= 4 is 5.78 Å². The summed E-state index contributed by atoms with van der Waals surface area (Å²) in [5.41, 5.74) is 3.53. The normalized spacial score (nSPS) is 31.3. The molecule has 6 aliphatic rings. The lowest BCUT2D eigenvalue weighted by atomic mass is 9.45. The van der Waals surface area contributed by atoms with E-state index in [1.54, 1.807) is 12.1 Å². The summed E-state index contributed by atoms with van der Waals surface area (Å²) in [5, 5.41) is 35.7. The predicted molar refractivity (Wildman–Crippen MR) is 212 cm³/mol. The first-order chi connectivity index (χ1) is 25.9. The minimum Gasteiger partial charge on any atom is -0.461 e. The van der Waals surface area contributed by atoms with Gasteiger partial charge in [-0.2, -0.15) is 0 Å². The molecule has 0 radical (unpaired) electrons. The van der Waals surface area contributed by atoms with Crippen LogP contribution in [0, 0.1) is 28.6 Å². The molecule has 292 valence electrons. The van der Waals surface area contributed by atoms with E-state index in [2.05, 4.69) is 50.8 Å². The first-order valence-corrected chi connectivity index (χ1v) is 20.7. The van der Waals surface area contributed by atoms with Gasteiger partial charge in [-0.25, -0.2) is 0 Å². The van der Waals surface area contributed by atoms with Crippen LogP contribution in [-0.2, 0) is 17.8 Å². The van der Waals surface area contributed by atoms with E-state index < -0.39 is 23.2 Å². The number of hydrogen-bond donors (Lipinski definition) is 3. The van der Waals surface area contributed by atoms with Gasteiger partial charge < -0.3 is 24.5 Å². The van der Waals surface area contributed by atoms with Crippen LogP contribution in [0.5, 0.6) is 0 Å². The fourth-order valence-corrected chi connectivity index (χ4v) is 11.1. The van der Waals surface area contributed by atoms with Gasteiger partial charge in [0.05, 0.1) is 37.3 Å². The summed E-state index contributed by atoms with van der Waals surface area (Å²) >= 11 is 0. The second-order valence-electron chi connectivity index (χ2n) is 18.3. The molecule has 1 heterocycles. The molecule has 54 heavy (non-hydrogen) atoms. The Morgan fingerprint density at radius 3 is 2.57 bits per heavy atom. The molecule has 8 unspecified atom stereocenters. The standard InChI is InChI=1S/C47H63NO6/c1-32-10-8-21-46(4)41(39-19-15-34(24-37(49)18-14-32)25-40(39)44(51)43-13-9-23-54-43)20-22-47(46,52)31-48(27-35-16-17-36-26-42(35)45(36,2)3)28-38(50)30-53-29-33-11-6-5-7-12-33/h5-7,9-13,15,19,23,25,35-38,41-42,49-50,52H,8,14,16-18,20-22,24,26-31H2,1-4H3. The van der Waals surface area contributed by atoms with Crippen molar-refractivity contribution in [3.63, 3.8) is 0 Å². The zero-order chi connectivity index (χ0) is 38.1. The minimum atomic E-state index is -1.06. The number of aliphatic hydroxyl groups is 3.